The predicted octanol–water partition coefficient (Wildman–Crippen LogP) is 2.86. The Kier molecular flexibility index (Phi) is 4.76. The van der Waals surface area contributed by atoms with Crippen molar-refractivity contribution in [1.82, 2.24) is 10.2 Å². The van der Waals surface area contributed by atoms with Crippen LogP contribution >= 0.6 is 11.8 Å². The Bertz CT molecular complexity index is 557. The molecule has 19 heavy (non-hydrogen) atoms. The van der Waals surface area contributed by atoms with Gasteiger partial charge in [0.05, 0.1) is 0 Å². The zero-order valence-corrected chi connectivity index (χ0v) is 11.4. The minimum absolute atomic E-state index is 0.333. The van der Waals surface area contributed by atoms with Gasteiger partial charge in [0.25, 0.3) is 0 Å². The molecule has 1 N–H and O–H groups in total. The van der Waals surface area contributed by atoms with Crippen LogP contribution in [0.5, 0.6) is 0 Å². The van der Waals surface area contributed by atoms with Crippen LogP contribution in [0.4, 0.5) is 5.82 Å². The number of nitrogens with one attached hydrogen (secondary N) is 1. The van der Waals surface area contributed by atoms with Crippen LogP contribution in [0.25, 0.3) is 0 Å². The Hall–Kier alpha value is -2.06. The fraction of sp³-hybridized carbons (Fsp3) is 0.214. The number of hydrogen-bond donors (Lipinski definition) is 1. The molecule has 0 aliphatic rings. The van der Waals surface area contributed by atoms with Gasteiger partial charge in [-0.15, -0.1) is 22.0 Å². The second kappa shape index (κ2) is 6.76. The molecule has 2 aromatic rings. The van der Waals surface area contributed by atoms with Crippen LogP contribution in [0, 0.1) is 18.3 Å². The van der Waals surface area contributed by atoms with Gasteiger partial charge in [-0.05, 0) is 31.2 Å². The van der Waals surface area contributed by atoms with E-state index in [1.807, 2.05) is 6.07 Å². The molecule has 96 valence electrons. The Morgan fingerprint density at radius 1 is 1.16 bits per heavy atom. The number of nitriles is 1. The van der Waals surface area contributed by atoms with Crippen molar-refractivity contribution in [3.05, 3.63) is 47.7 Å². The number of nitrogens with zero attached hydrogens (tertiary/aromatic N) is 3. The molecule has 5 heteroatoms. The molecule has 0 saturated carbocycles. The van der Waals surface area contributed by atoms with E-state index >= 15 is 0 Å². The van der Waals surface area contributed by atoms with Gasteiger partial charge >= 0.3 is 0 Å². The fourth-order valence-corrected chi connectivity index (χ4v) is 2.24. The molecule has 0 spiro atoms. The van der Waals surface area contributed by atoms with E-state index in [0.29, 0.717) is 11.5 Å². The smallest absolute Gasteiger partial charge is 0.163 e. The fourth-order valence-electron chi connectivity index (χ4n) is 1.47. The van der Waals surface area contributed by atoms with Crippen molar-refractivity contribution >= 4 is 17.6 Å². The highest BCUT2D eigenvalue weighted by molar-refractivity contribution is 7.99. The molecule has 0 aliphatic carbocycles. The van der Waals surface area contributed by atoms with Crippen LogP contribution in [-0.2, 0) is 0 Å². The zero-order chi connectivity index (χ0) is 13.5. The van der Waals surface area contributed by atoms with E-state index in [0.717, 1.165) is 12.3 Å². The summed E-state index contributed by atoms with van der Waals surface area (Å²) in [6.45, 7) is 2.89. The summed E-state index contributed by atoms with van der Waals surface area (Å²) < 4.78 is 0. The predicted molar refractivity (Wildman–Crippen MR) is 77.1 cm³/mol. The average molecular weight is 270 g/mol. The second-order valence-electron chi connectivity index (χ2n) is 4.00. The van der Waals surface area contributed by atoms with E-state index in [1.54, 1.807) is 23.9 Å². The van der Waals surface area contributed by atoms with Crippen molar-refractivity contribution in [2.24, 2.45) is 0 Å². The lowest BCUT2D eigenvalue weighted by Crippen LogP contribution is -2.06. The topological polar surface area (TPSA) is 61.6 Å². The molecule has 2 rings (SSSR count). The Balaban J connectivity index is 1.74. The first-order valence-electron chi connectivity index (χ1n) is 5.95. The summed E-state index contributed by atoms with van der Waals surface area (Å²) in [5.74, 6) is 1.65. The van der Waals surface area contributed by atoms with Crippen LogP contribution < -0.4 is 5.32 Å². The molecule has 0 radical (unpaired) electrons. The lowest BCUT2D eigenvalue weighted by Gasteiger charge is -2.05. The number of aromatic nitrogens is 2. The van der Waals surface area contributed by atoms with E-state index in [9.17, 15) is 0 Å². The van der Waals surface area contributed by atoms with Crippen molar-refractivity contribution in [2.45, 2.75) is 11.8 Å². The van der Waals surface area contributed by atoms with E-state index in [-0.39, 0.29) is 0 Å². The molecule has 0 saturated heterocycles. The lowest BCUT2D eigenvalue weighted by molar-refractivity contribution is 0.996. The molecule has 0 aliphatic heterocycles. The Morgan fingerprint density at radius 3 is 2.58 bits per heavy atom. The molecular formula is C14H14N4S. The van der Waals surface area contributed by atoms with Crippen LogP contribution in [0.15, 0.2) is 41.3 Å². The van der Waals surface area contributed by atoms with Gasteiger partial charge in [-0.3, -0.25) is 0 Å². The molecule has 1 aromatic heterocycles. The van der Waals surface area contributed by atoms with Crippen molar-refractivity contribution in [3.63, 3.8) is 0 Å². The summed E-state index contributed by atoms with van der Waals surface area (Å²) in [4.78, 5) is 1.26. The van der Waals surface area contributed by atoms with Gasteiger partial charge in [0.15, 0.2) is 5.69 Å². The third kappa shape index (κ3) is 4.27. The van der Waals surface area contributed by atoms with Crippen LogP contribution in [0.1, 0.15) is 11.3 Å². The van der Waals surface area contributed by atoms with Crippen molar-refractivity contribution in [2.75, 3.05) is 17.6 Å². The van der Waals surface area contributed by atoms with Gasteiger partial charge in [-0.1, -0.05) is 17.7 Å². The zero-order valence-electron chi connectivity index (χ0n) is 10.6. The van der Waals surface area contributed by atoms with Crippen molar-refractivity contribution in [3.8, 4) is 6.07 Å². The molecule has 1 heterocycles. The monoisotopic (exact) mass is 270 g/mol. The third-order valence-electron chi connectivity index (χ3n) is 2.48. The molecule has 4 nitrogen and oxygen atoms in total. The van der Waals surface area contributed by atoms with E-state index in [1.165, 1.54) is 10.5 Å². The van der Waals surface area contributed by atoms with Gasteiger partial charge in [-0.2, -0.15) is 5.26 Å². The SMILES string of the molecule is Cc1ccc(SCCNc2ccc(C#N)nn2)cc1. The van der Waals surface area contributed by atoms with Gasteiger partial charge in [-0.25, -0.2) is 0 Å². The molecule has 0 unspecified atom stereocenters. The molecule has 0 amide bonds. The van der Waals surface area contributed by atoms with Gasteiger partial charge < -0.3 is 5.32 Å². The first-order chi connectivity index (χ1) is 9.28. The largest absolute Gasteiger partial charge is 0.368 e. The highest BCUT2D eigenvalue weighted by Gasteiger charge is 1.97. The minimum atomic E-state index is 0.333. The molecular weight excluding hydrogens is 256 g/mol. The van der Waals surface area contributed by atoms with Crippen LogP contribution in [0.3, 0.4) is 0 Å². The minimum Gasteiger partial charge on any atom is -0.368 e. The number of rotatable bonds is 5. The highest BCUT2D eigenvalue weighted by Crippen LogP contribution is 2.17. The summed E-state index contributed by atoms with van der Waals surface area (Å²) in [6.07, 6.45) is 0. The summed E-state index contributed by atoms with van der Waals surface area (Å²) in [5, 5.41) is 19.5. The Labute approximate surface area is 116 Å². The summed E-state index contributed by atoms with van der Waals surface area (Å²) in [5.41, 5.74) is 1.61. The number of benzene rings is 1. The molecule has 0 atom stereocenters. The number of aryl methyl sites for hydroxylation is 1. The summed E-state index contributed by atoms with van der Waals surface area (Å²) >= 11 is 1.79. The van der Waals surface area contributed by atoms with Crippen molar-refractivity contribution < 1.29 is 0 Å². The number of anilines is 1. The van der Waals surface area contributed by atoms with Gasteiger partial charge in [0.2, 0.25) is 0 Å². The van der Waals surface area contributed by atoms with Crippen LogP contribution in [0.2, 0.25) is 0 Å². The normalized spacial score (nSPS) is 9.89. The first kappa shape index (κ1) is 13.4. The molecule has 0 bridgehead atoms. The number of hydrogen-bond acceptors (Lipinski definition) is 5. The highest BCUT2D eigenvalue weighted by atomic mass is 32.2. The van der Waals surface area contributed by atoms with Crippen LogP contribution in [-0.4, -0.2) is 22.5 Å². The quantitative estimate of drug-likeness (QED) is 0.668. The maximum absolute atomic E-state index is 8.61. The average Bonchev–Trinajstić information content (AvgIpc) is 2.46. The molecule has 0 fully saturated rings. The first-order valence-corrected chi connectivity index (χ1v) is 6.93. The molecule has 1 aromatic carbocycles. The van der Waals surface area contributed by atoms with E-state index in [2.05, 4.69) is 46.7 Å². The summed E-state index contributed by atoms with van der Waals surface area (Å²) in [6, 6.07) is 13.8. The number of thioether (sulfide) groups is 1. The lowest BCUT2D eigenvalue weighted by atomic mass is 10.2. The van der Waals surface area contributed by atoms with E-state index < -0.39 is 0 Å². The summed E-state index contributed by atoms with van der Waals surface area (Å²) in [7, 11) is 0. The van der Waals surface area contributed by atoms with Gasteiger partial charge in [0.1, 0.15) is 11.9 Å². The maximum atomic E-state index is 8.61. The standard InChI is InChI=1S/C14H14N4S/c1-11-2-5-13(6-3-11)19-9-8-16-14-7-4-12(10-15)17-18-14/h2-7H,8-9H2,1H3,(H,16,18). The van der Waals surface area contributed by atoms with Crippen molar-refractivity contribution in [1.29, 1.82) is 5.26 Å². The third-order valence-corrected chi connectivity index (χ3v) is 3.49. The second-order valence-corrected chi connectivity index (χ2v) is 5.17. The van der Waals surface area contributed by atoms with Gasteiger partial charge in [0, 0.05) is 17.2 Å². The maximum Gasteiger partial charge on any atom is 0.163 e. The Morgan fingerprint density at radius 2 is 1.95 bits per heavy atom. The van der Waals surface area contributed by atoms with E-state index in [4.69, 9.17) is 5.26 Å².